The molecule has 1 unspecified atom stereocenters. The molecule has 1 amide bonds. The Morgan fingerprint density at radius 3 is 2.89 bits per heavy atom. The van der Waals surface area contributed by atoms with E-state index in [2.05, 4.69) is 33.2 Å². The van der Waals surface area contributed by atoms with Crippen LogP contribution in [0.1, 0.15) is 39.0 Å². The zero-order valence-corrected chi connectivity index (χ0v) is 13.0. The number of carbonyl (C=O) groups excluding carboxylic acids is 1. The second kappa shape index (κ2) is 8.61. The third-order valence-electron chi connectivity index (χ3n) is 2.78. The van der Waals surface area contributed by atoms with Gasteiger partial charge in [0, 0.05) is 6.42 Å². The molecule has 0 spiro atoms. The molecule has 0 aliphatic heterocycles. The van der Waals surface area contributed by atoms with E-state index >= 15 is 0 Å². The Balaban J connectivity index is 2.30. The number of anilines is 1. The van der Waals surface area contributed by atoms with Crippen molar-refractivity contribution >= 4 is 38.3 Å². The first kappa shape index (κ1) is 15.6. The van der Waals surface area contributed by atoms with Crippen LogP contribution in [-0.4, -0.2) is 17.4 Å². The predicted molar refractivity (Wildman–Crippen MR) is 79.7 cm³/mol. The Morgan fingerprint density at radius 2 is 2.33 bits per heavy atom. The van der Waals surface area contributed by atoms with Crippen molar-refractivity contribution in [2.75, 3.05) is 11.9 Å². The normalized spacial score (nSPS) is 12.4. The van der Waals surface area contributed by atoms with Crippen molar-refractivity contribution in [1.82, 2.24) is 4.98 Å². The molecule has 18 heavy (non-hydrogen) atoms. The Morgan fingerprint density at radius 1 is 1.56 bits per heavy atom. The van der Waals surface area contributed by atoms with Gasteiger partial charge in [-0.3, -0.25) is 4.79 Å². The van der Waals surface area contributed by atoms with Gasteiger partial charge in [0.25, 0.3) is 0 Å². The minimum Gasteiger partial charge on any atom is -0.330 e. The first-order valence-corrected chi connectivity index (χ1v) is 7.87. The molecule has 0 saturated heterocycles. The van der Waals surface area contributed by atoms with Crippen molar-refractivity contribution < 1.29 is 4.79 Å². The fraction of sp³-hybridized carbons (Fsp3) is 0.667. The van der Waals surface area contributed by atoms with Crippen LogP contribution < -0.4 is 11.1 Å². The van der Waals surface area contributed by atoms with Crippen LogP contribution in [0.4, 0.5) is 5.13 Å². The summed E-state index contributed by atoms with van der Waals surface area (Å²) >= 11 is 4.74. The lowest BCUT2D eigenvalue weighted by Gasteiger charge is -2.14. The van der Waals surface area contributed by atoms with Crippen LogP contribution in [0, 0.1) is 5.92 Å². The van der Waals surface area contributed by atoms with Gasteiger partial charge in [0.05, 0.1) is 9.98 Å². The van der Waals surface area contributed by atoms with Crippen molar-refractivity contribution in [2.45, 2.75) is 39.0 Å². The molecule has 0 radical (unpaired) electrons. The Kier molecular flexibility index (Phi) is 7.46. The number of nitrogens with two attached hydrogens (primary N) is 1. The summed E-state index contributed by atoms with van der Waals surface area (Å²) in [4.78, 5) is 15.8. The van der Waals surface area contributed by atoms with E-state index in [1.165, 1.54) is 11.3 Å². The summed E-state index contributed by atoms with van der Waals surface area (Å²) in [5.41, 5.74) is 5.58. The first-order chi connectivity index (χ1) is 8.65. The molecule has 0 fully saturated rings. The number of hydrogen-bond donors (Lipinski definition) is 2. The van der Waals surface area contributed by atoms with E-state index < -0.39 is 0 Å². The molecule has 1 aromatic heterocycles. The van der Waals surface area contributed by atoms with Crippen LogP contribution in [0.3, 0.4) is 0 Å². The number of halogens is 1. The number of carbonyl (C=O) groups is 1. The summed E-state index contributed by atoms with van der Waals surface area (Å²) < 4.78 is 0.921. The van der Waals surface area contributed by atoms with E-state index in [1.54, 1.807) is 6.20 Å². The second-order valence-electron chi connectivity index (χ2n) is 4.29. The molecule has 6 heteroatoms. The Bertz CT molecular complexity index is 364. The monoisotopic (exact) mass is 333 g/mol. The van der Waals surface area contributed by atoms with Gasteiger partial charge in [0.15, 0.2) is 5.13 Å². The van der Waals surface area contributed by atoms with Crippen LogP contribution >= 0.6 is 27.3 Å². The number of nitrogens with zero attached hydrogens (tertiary/aromatic N) is 1. The molecule has 3 N–H and O–H groups in total. The molecular formula is C12H20BrN3OS. The molecule has 1 atom stereocenters. The van der Waals surface area contributed by atoms with Crippen molar-refractivity contribution in [3.8, 4) is 0 Å². The standard InChI is InChI=1S/C12H20BrN3OS/c1-2-3-9(6-7-14)4-5-11(17)16-12-15-8-10(13)18-12/h8-9H,2-7,14H2,1H3,(H,15,16,17). The summed E-state index contributed by atoms with van der Waals surface area (Å²) in [5.74, 6) is 0.601. The Labute approximate surface area is 120 Å². The summed E-state index contributed by atoms with van der Waals surface area (Å²) in [7, 11) is 0. The van der Waals surface area contributed by atoms with E-state index in [0.717, 1.165) is 29.5 Å². The predicted octanol–water partition coefficient (Wildman–Crippen LogP) is 3.39. The fourth-order valence-corrected chi connectivity index (χ4v) is 3.03. The topological polar surface area (TPSA) is 68.0 Å². The van der Waals surface area contributed by atoms with Crippen molar-refractivity contribution in [1.29, 1.82) is 0 Å². The third kappa shape index (κ3) is 5.93. The van der Waals surface area contributed by atoms with Crippen LogP contribution in [0.5, 0.6) is 0 Å². The molecule has 0 saturated carbocycles. The van der Waals surface area contributed by atoms with Gasteiger partial charge in [-0.2, -0.15) is 0 Å². The van der Waals surface area contributed by atoms with Gasteiger partial charge in [0.1, 0.15) is 0 Å². The molecule has 0 aliphatic carbocycles. The van der Waals surface area contributed by atoms with Crippen LogP contribution in [0.2, 0.25) is 0 Å². The molecule has 0 aromatic carbocycles. The highest BCUT2D eigenvalue weighted by atomic mass is 79.9. The average Bonchev–Trinajstić information content (AvgIpc) is 2.72. The highest BCUT2D eigenvalue weighted by Crippen LogP contribution is 2.23. The minimum absolute atomic E-state index is 0.0370. The highest BCUT2D eigenvalue weighted by molar-refractivity contribution is 9.11. The van der Waals surface area contributed by atoms with Crippen molar-refractivity contribution in [2.24, 2.45) is 11.7 Å². The van der Waals surface area contributed by atoms with Crippen LogP contribution in [0.25, 0.3) is 0 Å². The fourth-order valence-electron chi connectivity index (χ4n) is 1.91. The SMILES string of the molecule is CCCC(CCN)CCC(=O)Nc1ncc(Br)s1. The van der Waals surface area contributed by atoms with E-state index in [4.69, 9.17) is 5.73 Å². The van der Waals surface area contributed by atoms with Gasteiger partial charge in [-0.25, -0.2) is 4.98 Å². The van der Waals surface area contributed by atoms with Gasteiger partial charge < -0.3 is 11.1 Å². The van der Waals surface area contributed by atoms with Gasteiger partial charge in [-0.05, 0) is 41.2 Å². The number of hydrogen-bond acceptors (Lipinski definition) is 4. The maximum Gasteiger partial charge on any atom is 0.226 e. The number of nitrogens with one attached hydrogen (secondary N) is 1. The molecule has 102 valence electrons. The molecule has 1 heterocycles. The number of rotatable bonds is 8. The van der Waals surface area contributed by atoms with E-state index in [1.807, 2.05) is 0 Å². The van der Waals surface area contributed by atoms with Gasteiger partial charge in [-0.1, -0.05) is 31.1 Å². The summed E-state index contributed by atoms with van der Waals surface area (Å²) in [5, 5.41) is 3.46. The molecule has 0 aliphatic rings. The largest absolute Gasteiger partial charge is 0.330 e. The highest BCUT2D eigenvalue weighted by Gasteiger charge is 2.11. The summed E-state index contributed by atoms with van der Waals surface area (Å²) in [6.45, 7) is 2.86. The van der Waals surface area contributed by atoms with E-state index in [-0.39, 0.29) is 5.91 Å². The molecule has 1 rings (SSSR count). The Hall–Kier alpha value is -0.460. The van der Waals surface area contributed by atoms with Gasteiger partial charge in [0.2, 0.25) is 5.91 Å². The molecule has 1 aromatic rings. The smallest absolute Gasteiger partial charge is 0.226 e. The summed E-state index contributed by atoms with van der Waals surface area (Å²) in [6, 6.07) is 0. The van der Waals surface area contributed by atoms with Crippen molar-refractivity contribution in [3.05, 3.63) is 9.98 Å². The lowest BCUT2D eigenvalue weighted by Crippen LogP contribution is -2.15. The quantitative estimate of drug-likeness (QED) is 0.766. The number of aromatic nitrogens is 1. The zero-order chi connectivity index (χ0) is 13.4. The lowest BCUT2D eigenvalue weighted by molar-refractivity contribution is -0.116. The van der Waals surface area contributed by atoms with E-state index in [9.17, 15) is 4.79 Å². The molecule has 4 nitrogen and oxygen atoms in total. The maximum atomic E-state index is 11.7. The summed E-state index contributed by atoms with van der Waals surface area (Å²) in [6.07, 6.45) is 6.43. The lowest BCUT2D eigenvalue weighted by atomic mass is 9.94. The first-order valence-electron chi connectivity index (χ1n) is 6.27. The molecule has 0 bridgehead atoms. The third-order valence-corrected chi connectivity index (χ3v) is 4.17. The number of amides is 1. The average molecular weight is 334 g/mol. The maximum absolute atomic E-state index is 11.7. The molecular weight excluding hydrogens is 314 g/mol. The van der Waals surface area contributed by atoms with Crippen LogP contribution in [0.15, 0.2) is 9.98 Å². The van der Waals surface area contributed by atoms with E-state index in [0.29, 0.717) is 24.0 Å². The minimum atomic E-state index is 0.0370. The van der Waals surface area contributed by atoms with Gasteiger partial charge in [-0.15, -0.1) is 0 Å². The number of thiazole rings is 1. The van der Waals surface area contributed by atoms with Crippen molar-refractivity contribution in [3.63, 3.8) is 0 Å². The van der Waals surface area contributed by atoms with Gasteiger partial charge >= 0.3 is 0 Å². The van der Waals surface area contributed by atoms with Crippen LogP contribution in [-0.2, 0) is 4.79 Å². The zero-order valence-electron chi connectivity index (χ0n) is 10.6. The second-order valence-corrected chi connectivity index (χ2v) is 6.70.